The third-order valence-corrected chi connectivity index (χ3v) is 3.80. The van der Waals surface area contributed by atoms with Gasteiger partial charge in [0.15, 0.2) is 0 Å². The number of hydrogen-bond acceptors (Lipinski definition) is 4. The minimum atomic E-state index is -0.938. The van der Waals surface area contributed by atoms with Crippen molar-refractivity contribution in [2.24, 2.45) is 11.1 Å². The average Bonchev–Trinajstić information content (AvgIpc) is 2.86. The maximum atomic E-state index is 12.4. The van der Waals surface area contributed by atoms with Gasteiger partial charge >= 0.3 is 5.97 Å². The van der Waals surface area contributed by atoms with Gasteiger partial charge in [0.05, 0.1) is 18.6 Å². The molecular weight excluding hydrogens is 224 g/mol. The normalized spacial score (nSPS) is 37.4. The minimum absolute atomic E-state index is 0.188. The van der Waals surface area contributed by atoms with Crippen LogP contribution in [0, 0.1) is 5.41 Å². The highest BCUT2D eigenvalue weighted by Gasteiger charge is 2.49. The molecule has 96 valence electrons. The van der Waals surface area contributed by atoms with Gasteiger partial charge in [0.1, 0.15) is 6.04 Å². The predicted molar refractivity (Wildman–Crippen MR) is 59.3 cm³/mol. The monoisotopic (exact) mass is 242 g/mol. The molecule has 3 N–H and O–H groups in total. The van der Waals surface area contributed by atoms with E-state index in [2.05, 4.69) is 0 Å². The molecule has 6 heteroatoms. The van der Waals surface area contributed by atoms with Gasteiger partial charge in [-0.1, -0.05) is 0 Å². The van der Waals surface area contributed by atoms with Crippen LogP contribution in [0.4, 0.5) is 0 Å². The van der Waals surface area contributed by atoms with Crippen LogP contribution in [0.25, 0.3) is 0 Å². The van der Waals surface area contributed by atoms with E-state index in [0.717, 1.165) is 6.42 Å². The molecule has 3 atom stereocenters. The summed E-state index contributed by atoms with van der Waals surface area (Å²) in [7, 11) is 0. The van der Waals surface area contributed by atoms with Crippen LogP contribution in [0.15, 0.2) is 0 Å². The lowest BCUT2D eigenvalue weighted by molar-refractivity contribution is -0.153. The molecule has 0 aromatic rings. The van der Waals surface area contributed by atoms with E-state index in [0.29, 0.717) is 19.6 Å². The lowest BCUT2D eigenvalue weighted by atomic mass is 9.84. The summed E-state index contributed by atoms with van der Waals surface area (Å²) in [5.74, 6) is -1.13. The Labute approximate surface area is 99.7 Å². The van der Waals surface area contributed by atoms with E-state index in [-0.39, 0.29) is 18.6 Å². The Morgan fingerprint density at radius 2 is 2.24 bits per heavy atom. The summed E-state index contributed by atoms with van der Waals surface area (Å²) in [4.78, 5) is 24.9. The molecule has 1 amide bonds. The maximum absolute atomic E-state index is 12.4. The van der Waals surface area contributed by atoms with Gasteiger partial charge < -0.3 is 20.5 Å². The molecule has 17 heavy (non-hydrogen) atoms. The zero-order valence-corrected chi connectivity index (χ0v) is 9.89. The van der Waals surface area contributed by atoms with Crippen molar-refractivity contribution in [3.05, 3.63) is 0 Å². The quantitative estimate of drug-likeness (QED) is 0.676. The fourth-order valence-electron chi connectivity index (χ4n) is 2.50. The third kappa shape index (κ3) is 1.91. The first-order chi connectivity index (χ1) is 7.97. The molecule has 0 aromatic carbocycles. The number of carboxylic acids is 1. The Bertz CT molecular complexity index is 346. The van der Waals surface area contributed by atoms with E-state index in [9.17, 15) is 9.59 Å². The topological polar surface area (TPSA) is 92.9 Å². The lowest BCUT2D eigenvalue weighted by Gasteiger charge is -2.32. The predicted octanol–water partition coefficient (Wildman–Crippen LogP) is -0.574. The molecule has 6 nitrogen and oxygen atoms in total. The summed E-state index contributed by atoms with van der Waals surface area (Å²) in [6, 6.07) is -1.06. The van der Waals surface area contributed by atoms with Crippen LogP contribution in [0.3, 0.4) is 0 Å². The first-order valence-electron chi connectivity index (χ1n) is 5.84. The Hall–Kier alpha value is -1.14. The summed E-state index contributed by atoms with van der Waals surface area (Å²) < 4.78 is 5.23. The Kier molecular flexibility index (Phi) is 3.09. The number of ether oxygens (including phenoxy) is 1. The standard InChI is InChI=1S/C11H18N2O4/c1-11(6-17-5-8(11)12)10(16)13-4-2-3-7(13)9(14)15/h7-8H,2-6,12H2,1H3,(H,14,15)/t7-,8?,11?/m0/s1. The number of rotatable bonds is 2. The van der Waals surface area contributed by atoms with Gasteiger partial charge in [-0.3, -0.25) is 4.79 Å². The SMILES string of the molecule is CC1(C(=O)N2CCC[C@H]2C(=O)O)COCC1N. The molecule has 2 saturated heterocycles. The molecular formula is C11H18N2O4. The molecule has 2 unspecified atom stereocenters. The van der Waals surface area contributed by atoms with E-state index in [4.69, 9.17) is 15.6 Å². The van der Waals surface area contributed by atoms with Crippen LogP contribution in [-0.4, -0.2) is 53.7 Å². The highest BCUT2D eigenvalue weighted by molar-refractivity contribution is 5.88. The number of nitrogens with two attached hydrogens (primary N) is 1. The molecule has 2 aliphatic heterocycles. The van der Waals surface area contributed by atoms with Crippen LogP contribution in [0.2, 0.25) is 0 Å². The Morgan fingerprint density at radius 3 is 2.76 bits per heavy atom. The van der Waals surface area contributed by atoms with E-state index < -0.39 is 17.4 Å². The molecule has 2 fully saturated rings. The molecule has 0 aromatic heterocycles. The molecule has 0 saturated carbocycles. The third-order valence-electron chi connectivity index (χ3n) is 3.80. The minimum Gasteiger partial charge on any atom is -0.480 e. The van der Waals surface area contributed by atoms with Gasteiger partial charge in [-0.2, -0.15) is 0 Å². The van der Waals surface area contributed by atoms with E-state index >= 15 is 0 Å². The van der Waals surface area contributed by atoms with Gasteiger partial charge in [-0.25, -0.2) is 4.79 Å². The highest BCUT2D eigenvalue weighted by Crippen LogP contribution is 2.32. The van der Waals surface area contributed by atoms with Gasteiger partial charge in [-0.15, -0.1) is 0 Å². The van der Waals surface area contributed by atoms with Crippen molar-refractivity contribution in [1.82, 2.24) is 4.90 Å². The van der Waals surface area contributed by atoms with Crippen LogP contribution >= 0.6 is 0 Å². The van der Waals surface area contributed by atoms with Crippen molar-refractivity contribution in [2.75, 3.05) is 19.8 Å². The molecule has 0 aliphatic carbocycles. The average molecular weight is 242 g/mol. The second-order valence-corrected chi connectivity index (χ2v) is 5.03. The van der Waals surface area contributed by atoms with Crippen molar-refractivity contribution in [1.29, 1.82) is 0 Å². The fourth-order valence-corrected chi connectivity index (χ4v) is 2.50. The first kappa shape index (κ1) is 12.3. The smallest absolute Gasteiger partial charge is 0.326 e. The van der Waals surface area contributed by atoms with Crippen LogP contribution in [-0.2, 0) is 14.3 Å². The second-order valence-electron chi connectivity index (χ2n) is 5.03. The summed E-state index contributed by atoms with van der Waals surface area (Å²) in [6.07, 6.45) is 1.25. The number of aliphatic carboxylic acids is 1. The van der Waals surface area contributed by atoms with Crippen LogP contribution in [0.1, 0.15) is 19.8 Å². The Balaban J connectivity index is 2.17. The van der Waals surface area contributed by atoms with Crippen LogP contribution < -0.4 is 5.73 Å². The van der Waals surface area contributed by atoms with E-state index in [1.54, 1.807) is 6.92 Å². The molecule has 2 rings (SSSR count). The number of carbonyl (C=O) groups excluding carboxylic acids is 1. The van der Waals surface area contributed by atoms with Gasteiger partial charge in [0.25, 0.3) is 0 Å². The Morgan fingerprint density at radius 1 is 1.53 bits per heavy atom. The lowest BCUT2D eigenvalue weighted by Crippen LogP contribution is -2.54. The summed E-state index contributed by atoms with van der Waals surface area (Å²) in [6.45, 7) is 2.88. The van der Waals surface area contributed by atoms with E-state index in [1.165, 1.54) is 4.90 Å². The molecule has 0 bridgehead atoms. The van der Waals surface area contributed by atoms with Crippen LogP contribution in [0.5, 0.6) is 0 Å². The van der Waals surface area contributed by atoms with Crippen molar-refractivity contribution < 1.29 is 19.4 Å². The van der Waals surface area contributed by atoms with Crippen molar-refractivity contribution in [3.8, 4) is 0 Å². The van der Waals surface area contributed by atoms with Gasteiger partial charge in [0.2, 0.25) is 5.91 Å². The number of nitrogens with zero attached hydrogens (tertiary/aromatic N) is 1. The number of hydrogen-bond donors (Lipinski definition) is 2. The first-order valence-corrected chi connectivity index (χ1v) is 5.84. The largest absolute Gasteiger partial charge is 0.480 e. The van der Waals surface area contributed by atoms with Gasteiger partial charge in [-0.05, 0) is 19.8 Å². The highest BCUT2D eigenvalue weighted by atomic mass is 16.5. The zero-order valence-electron chi connectivity index (χ0n) is 9.89. The number of amides is 1. The van der Waals surface area contributed by atoms with Crippen molar-refractivity contribution in [3.63, 3.8) is 0 Å². The molecule has 0 radical (unpaired) electrons. The van der Waals surface area contributed by atoms with Crippen molar-refractivity contribution >= 4 is 11.9 Å². The zero-order chi connectivity index (χ0) is 12.6. The van der Waals surface area contributed by atoms with Crippen molar-refractivity contribution in [2.45, 2.75) is 31.8 Å². The second kappa shape index (κ2) is 4.27. The number of likely N-dealkylation sites (tertiary alicyclic amines) is 1. The summed E-state index contributed by atoms with van der Waals surface area (Å²) >= 11 is 0. The van der Waals surface area contributed by atoms with E-state index in [1.807, 2.05) is 0 Å². The summed E-state index contributed by atoms with van der Waals surface area (Å²) in [5, 5.41) is 9.07. The molecule has 2 aliphatic rings. The maximum Gasteiger partial charge on any atom is 0.326 e. The molecule has 0 spiro atoms. The van der Waals surface area contributed by atoms with Gasteiger partial charge in [0, 0.05) is 12.6 Å². The number of carbonyl (C=O) groups is 2. The number of carboxylic acid groups (broad SMARTS) is 1. The fraction of sp³-hybridized carbons (Fsp3) is 0.818. The summed E-state index contributed by atoms with van der Waals surface area (Å²) in [5.41, 5.74) is 5.10. The molecule has 2 heterocycles.